The van der Waals surface area contributed by atoms with E-state index in [4.69, 9.17) is 11.6 Å². The van der Waals surface area contributed by atoms with E-state index < -0.39 is 0 Å². The van der Waals surface area contributed by atoms with Gasteiger partial charge in [0.25, 0.3) is 0 Å². The Kier molecular flexibility index (Phi) is 4.40. The molecule has 2 nitrogen and oxygen atoms in total. The molecule has 0 amide bonds. The molecule has 0 aliphatic rings. The number of hydrogen-bond donors (Lipinski definition) is 1. The van der Waals surface area contributed by atoms with E-state index in [0.717, 1.165) is 28.8 Å². The fourth-order valence-electron chi connectivity index (χ4n) is 1.51. The molecule has 0 radical (unpaired) electrons. The lowest BCUT2D eigenvalue weighted by atomic mass is 10.2. The van der Waals surface area contributed by atoms with Crippen LogP contribution in [0.25, 0.3) is 0 Å². The van der Waals surface area contributed by atoms with Crippen LogP contribution in [0.4, 0.5) is 5.69 Å². The Morgan fingerprint density at radius 3 is 2.82 bits per heavy atom. The van der Waals surface area contributed by atoms with Gasteiger partial charge in [-0.3, -0.25) is 4.98 Å². The van der Waals surface area contributed by atoms with E-state index in [1.54, 1.807) is 0 Å². The highest BCUT2D eigenvalue weighted by Crippen LogP contribution is 2.29. The van der Waals surface area contributed by atoms with Crippen LogP contribution >= 0.6 is 27.5 Å². The van der Waals surface area contributed by atoms with Crippen LogP contribution in [0, 0.1) is 0 Å². The first kappa shape index (κ1) is 12.4. The summed E-state index contributed by atoms with van der Waals surface area (Å²) in [5.41, 5.74) is 2.09. The number of rotatable bonds is 4. The zero-order valence-electron chi connectivity index (χ0n) is 9.16. The van der Waals surface area contributed by atoms with Crippen molar-refractivity contribution in [1.29, 1.82) is 0 Å². The van der Waals surface area contributed by atoms with Crippen molar-refractivity contribution in [3.8, 4) is 0 Å². The van der Waals surface area contributed by atoms with Gasteiger partial charge in [-0.05, 0) is 40.2 Å². The fraction of sp³-hybridized carbons (Fsp3) is 0.154. The largest absolute Gasteiger partial charge is 0.384 e. The van der Waals surface area contributed by atoms with Gasteiger partial charge in [-0.15, -0.1) is 0 Å². The number of nitrogens with zero attached hydrogens (tertiary/aromatic N) is 1. The molecule has 0 aliphatic carbocycles. The Morgan fingerprint density at radius 1 is 1.18 bits per heavy atom. The normalized spacial score (nSPS) is 10.2. The predicted octanol–water partition coefficient (Wildman–Crippen LogP) is 4.15. The van der Waals surface area contributed by atoms with Crippen LogP contribution < -0.4 is 5.32 Å². The highest BCUT2D eigenvalue weighted by atomic mass is 79.9. The van der Waals surface area contributed by atoms with E-state index in [9.17, 15) is 0 Å². The Hall–Kier alpha value is -1.06. The Morgan fingerprint density at radius 2 is 2.06 bits per heavy atom. The lowest BCUT2D eigenvalue weighted by Crippen LogP contribution is -2.06. The first-order chi connectivity index (χ1) is 8.27. The molecule has 0 unspecified atom stereocenters. The highest BCUT2D eigenvalue weighted by Gasteiger charge is 2.02. The van der Waals surface area contributed by atoms with Gasteiger partial charge in [0.2, 0.25) is 0 Å². The zero-order valence-corrected chi connectivity index (χ0v) is 11.5. The van der Waals surface area contributed by atoms with Crippen LogP contribution in [-0.4, -0.2) is 11.5 Å². The van der Waals surface area contributed by atoms with Crippen molar-refractivity contribution >= 4 is 33.2 Å². The third kappa shape index (κ3) is 3.45. The minimum absolute atomic E-state index is 0.716. The Balaban J connectivity index is 1.93. The molecule has 88 valence electrons. The maximum absolute atomic E-state index is 6.01. The molecule has 0 bridgehead atoms. The maximum atomic E-state index is 6.01. The second-order valence-corrected chi connectivity index (χ2v) is 4.80. The molecule has 1 aromatic carbocycles. The molecule has 4 heteroatoms. The molecular weight excluding hydrogens is 300 g/mol. The third-order valence-electron chi connectivity index (χ3n) is 2.37. The molecule has 0 fully saturated rings. The third-order valence-corrected chi connectivity index (χ3v) is 3.77. The number of nitrogens with one attached hydrogen (secondary N) is 1. The molecule has 1 aromatic heterocycles. The van der Waals surface area contributed by atoms with Crippen molar-refractivity contribution < 1.29 is 0 Å². The van der Waals surface area contributed by atoms with E-state index in [-0.39, 0.29) is 0 Å². The lowest BCUT2D eigenvalue weighted by molar-refractivity contribution is 0.961. The van der Waals surface area contributed by atoms with Gasteiger partial charge < -0.3 is 5.32 Å². The highest BCUT2D eigenvalue weighted by molar-refractivity contribution is 9.10. The van der Waals surface area contributed by atoms with E-state index in [1.165, 1.54) is 0 Å². The lowest BCUT2D eigenvalue weighted by Gasteiger charge is -2.09. The Labute approximate surface area is 114 Å². The summed E-state index contributed by atoms with van der Waals surface area (Å²) in [5.74, 6) is 0. The van der Waals surface area contributed by atoms with Crippen molar-refractivity contribution in [3.05, 3.63) is 57.8 Å². The number of benzene rings is 1. The SMILES string of the molecule is Clc1cccc(NCCc2ccccn2)c1Br. The molecule has 0 aliphatic heterocycles. The van der Waals surface area contributed by atoms with Crippen molar-refractivity contribution in [1.82, 2.24) is 4.98 Å². The summed E-state index contributed by atoms with van der Waals surface area (Å²) in [6.45, 7) is 0.829. The van der Waals surface area contributed by atoms with Gasteiger partial charge in [0.15, 0.2) is 0 Å². The van der Waals surface area contributed by atoms with Gasteiger partial charge in [-0.2, -0.15) is 0 Å². The first-order valence-corrected chi connectivity index (χ1v) is 6.52. The summed E-state index contributed by atoms with van der Waals surface area (Å²) in [6.07, 6.45) is 2.70. The zero-order chi connectivity index (χ0) is 12.1. The molecule has 0 saturated heterocycles. The average molecular weight is 312 g/mol. The quantitative estimate of drug-likeness (QED) is 0.917. The monoisotopic (exact) mass is 310 g/mol. The van der Waals surface area contributed by atoms with Gasteiger partial charge in [0.05, 0.1) is 9.50 Å². The van der Waals surface area contributed by atoms with Gasteiger partial charge in [0.1, 0.15) is 0 Å². The number of pyridine rings is 1. The molecule has 2 aromatic rings. The van der Waals surface area contributed by atoms with Gasteiger partial charge in [-0.1, -0.05) is 23.7 Å². The Bertz CT molecular complexity index is 488. The molecule has 0 atom stereocenters. The first-order valence-electron chi connectivity index (χ1n) is 5.35. The number of aromatic nitrogens is 1. The van der Waals surface area contributed by atoms with Crippen molar-refractivity contribution in [2.24, 2.45) is 0 Å². The second kappa shape index (κ2) is 6.03. The minimum atomic E-state index is 0.716. The van der Waals surface area contributed by atoms with Crippen LogP contribution in [0.2, 0.25) is 5.02 Å². The average Bonchev–Trinajstić information content (AvgIpc) is 2.36. The van der Waals surface area contributed by atoms with Crippen molar-refractivity contribution in [2.75, 3.05) is 11.9 Å². The van der Waals surface area contributed by atoms with Crippen LogP contribution in [0.5, 0.6) is 0 Å². The smallest absolute Gasteiger partial charge is 0.0593 e. The fourth-order valence-corrected chi connectivity index (χ4v) is 2.09. The molecular formula is C13H12BrClN2. The molecule has 0 spiro atoms. The van der Waals surface area contributed by atoms with Crippen molar-refractivity contribution in [2.45, 2.75) is 6.42 Å². The topological polar surface area (TPSA) is 24.9 Å². The van der Waals surface area contributed by atoms with E-state index >= 15 is 0 Å². The van der Waals surface area contributed by atoms with Crippen LogP contribution in [0.3, 0.4) is 0 Å². The number of halogens is 2. The van der Waals surface area contributed by atoms with Crippen molar-refractivity contribution in [3.63, 3.8) is 0 Å². The molecule has 0 saturated carbocycles. The van der Waals surface area contributed by atoms with Gasteiger partial charge in [0, 0.05) is 30.5 Å². The minimum Gasteiger partial charge on any atom is -0.384 e. The molecule has 2 rings (SSSR count). The van der Waals surface area contributed by atoms with Crippen LogP contribution in [0.15, 0.2) is 47.1 Å². The summed E-state index contributed by atoms with van der Waals surface area (Å²) in [5, 5.41) is 4.05. The molecule has 17 heavy (non-hydrogen) atoms. The van der Waals surface area contributed by atoms with E-state index in [1.807, 2.05) is 42.6 Å². The summed E-state index contributed by atoms with van der Waals surface area (Å²) in [4.78, 5) is 4.27. The van der Waals surface area contributed by atoms with E-state index in [0.29, 0.717) is 5.02 Å². The predicted molar refractivity (Wildman–Crippen MR) is 75.6 cm³/mol. The summed E-state index contributed by atoms with van der Waals surface area (Å²) in [7, 11) is 0. The summed E-state index contributed by atoms with van der Waals surface area (Å²) in [6, 6.07) is 11.7. The van der Waals surface area contributed by atoms with E-state index in [2.05, 4.69) is 26.2 Å². The second-order valence-electron chi connectivity index (χ2n) is 3.60. The molecule has 1 heterocycles. The summed E-state index contributed by atoms with van der Waals surface area (Å²) < 4.78 is 0.905. The maximum Gasteiger partial charge on any atom is 0.0593 e. The summed E-state index contributed by atoms with van der Waals surface area (Å²) >= 11 is 9.47. The number of anilines is 1. The standard InChI is InChI=1S/C13H12BrClN2/c14-13-11(15)5-3-6-12(13)17-9-7-10-4-1-2-8-16-10/h1-6,8,17H,7,9H2. The van der Waals surface area contributed by atoms with Crippen LogP contribution in [0.1, 0.15) is 5.69 Å². The molecule has 1 N–H and O–H groups in total. The van der Waals surface area contributed by atoms with Gasteiger partial charge >= 0.3 is 0 Å². The number of hydrogen-bond acceptors (Lipinski definition) is 2. The van der Waals surface area contributed by atoms with Crippen LogP contribution in [-0.2, 0) is 6.42 Å². The van der Waals surface area contributed by atoms with Gasteiger partial charge in [-0.25, -0.2) is 0 Å².